The predicted molar refractivity (Wildman–Crippen MR) is 138 cm³/mol. The second-order valence-corrected chi connectivity index (χ2v) is 8.90. The number of fused-ring (bicyclic) bond motifs is 2. The third-order valence-electron chi connectivity index (χ3n) is 6.75. The first-order chi connectivity index (χ1) is 17.2. The Balaban J connectivity index is 1.42. The molecule has 6 heteroatoms. The van der Waals surface area contributed by atoms with E-state index >= 15 is 0 Å². The topological polar surface area (TPSA) is 54.4 Å². The van der Waals surface area contributed by atoms with Crippen molar-refractivity contribution in [1.82, 2.24) is 9.80 Å². The molecule has 0 radical (unpaired) electrons. The number of hydrogen-bond acceptors (Lipinski definition) is 5. The lowest BCUT2D eigenvalue weighted by atomic mass is 9.95. The maximum atomic E-state index is 13.5. The quantitative estimate of drug-likeness (QED) is 0.499. The van der Waals surface area contributed by atoms with Crippen molar-refractivity contribution in [2.45, 2.75) is 25.7 Å². The summed E-state index contributed by atoms with van der Waals surface area (Å²) in [5.41, 5.74) is 2.78. The van der Waals surface area contributed by atoms with Crippen molar-refractivity contribution in [3.63, 3.8) is 0 Å². The number of methoxy groups -OCH3 is 1. The van der Waals surface area contributed by atoms with E-state index in [1.165, 1.54) is 0 Å². The molecule has 3 aromatic rings. The number of ether oxygens (including phenoxy) is 2. The Kier molecular flexibility index (Phi) is 6.70. The smallest absolute Gasteiger partial charge is 0.230 e. The molecule has 0 aliphatic carbocycles. The van der Waals surface area contributed by atoms with Gasteiger partial charge in [-0.1, -0.05) is 49.4 Å². The summed E-state index contributed by atoms with van der Waals surface area (Å²) in [6, 6.07) is 23.8. The Bertz CT molecular complexity index is 1220. The lowest BCUT2D eigenvalue weighted by Crippen LogP contribution is -2.39. The molecule has 3 aromatic carbocycles. The van der Waals surface area contributed by atoms with Crippen LogP contribution in [0.25, 0.3) is 0 Å². The number of aliphatic imine (C=N–C) groups is 1. The van der Waals surface area contributed by atoms with Gasteiger partial charge in [0, 0.05) is 26.2 Å². The van der Waals surface area contributed by atoms with Crippen LogP contribution in [0.5, 0.6) is 17.2 Å². The summed E-state index contributed by atoms with van der Waals surface area (Å²) in [5.74, 6) is 3.19. The van der Waals surface area contributed by atoms with E-state index < -0.39 is 0 Å². The molecule has 2 heterocycles. The van der Waals surface area contributed by atoms with Crippen LogP contribution in [0, 0.1) is 0 Å². The molecule has 0 bridgehead atoms. The zero-order valence-electron chi connectivity index (χ0n) is 20.3. The third-order valence-corrected chi connectivity index (χ3v) is 6.75. The fourth-order valence-corrected chi connectivity index (χ4v) is 4.88. The Morgan fingerprint density at radius 3 is 2.57 bits per heavy atom. The van der Waals surface area contributed by atoms with Gasteiger partial charge < -0.3 is 19.3 Å². The highest BCUT2D eigenvalue weighted by atomic mass is 16.5. The van der Waals surface area contributed by atoms with Crippen LogP contribution in [-0.2, 0) is 4.79 Å². The molecule has 1 amide bonds. The maximum absolute atomic E-state index is 13.5. The lowest BCUT2D eigenvalue weighted by Gasteiger charge is -2.27. The first-order valence-electron chi connectivity index (χ1n) is 12.3. The average molecular weight is 470 g/mol. The third kappa shape index (κ3) is 4.74. The molecule has 1 fully saturated rings. The second-order valence-electron chi connectivity index (χ2n) is 8.90. The molecule has 1 unspecified atom stereocenters. The summed E-state index contributed by atoms with van der Waals surface area (Å²) in [4.78, 5) is 22.9. The van der Waals surface area contributed by atoms with Gasteiger partial charge in [0.1, 0.15) is 23.0 Å². The van der Waals surface area contributed by atoms with Gasteiger partial charge >= 0.3 is 0 Å². The van der Waals surface area contributed by atoms with Crippen molar-refractivity contribution >= 4 is 17.4 Å². The number of amidine groups is 1. The van der Waals surface area contributed by atoms with Gasteiger partial charge in [-0.05, 0) is 48.7 Å². The zero-order chi connectivity index (χ0) is 24.2. The molecule has 180 valence electrons. The number of hydrogen-bond donors (Lipinski definition) is 0. The molecule has 6 nitrogen and oxygen atoms in total. The number of carbonyl (C=O) groups excluding carboxylic acids is 1. The van der Waals surface area contributed by atoms with Crippen LogP contribution in [0.4, 0.5) is 5.69 Å². The van der Waals surface area contributed by atoms with Crippen LogP contribution in [-0.4, -0.2) is 54.8 Å². The van der Waals surface area contributed by atoms with Crippen LogP contribution < -0.4 is 9.47 Å². The molecule has 0 N–H and O–H groups in total. The van der Waals surface area contributed by atoms with E-state index in [0.29, 0.717) is 13.1 Å². The van der Waals surface area contributed by atoms with Crippen molar-refractivity contribution in [3.8, 4) is 17.2 Å². The van der Waals surface area contributed by atoms with Gasteiger partial charge in [-0.3, -0.25) is 4.79 Å². The standard InChI is InChI=1S/C29H31N3O3/c1-3-23(21-10-5-4-6-11-21)29(33)32-17-9-16-31(18-19-32)28-24-20-22(34-2)14-15-26(24)35-27-13-8-7-12-25(27)30-28/h4-8,10-15,20,23H,3,9,16-19H2,1-2H3. The van der Waals surface area contributed by atoms with E-state index in [4.69, 9.17) is 14.5 Å². The molecule has 2 aliphatic heterocycles. The van der Waals surface area contributed by atoms with Crippen LogP contribution in [0.1, 0.15) is 36.8 Å². The van der Waals surface area contributed by atoms with E-state index in [-0.39, 0.29) is 11.8 Å². The fraction of sp³-hybridized carbons (Fsp3) is 0.310. The van der Waals surface area contributed by atoms with Crippen LogP contribution >= 0.6 is 0 Å². The Morgan fingerprint density at radius 1 is 0.971 bits per heavy atom. The fourth-order valence-electron chi connectivity index (χ4n) is 4.88. The van der Waals surface area contributed by atoms with Gasteiger partial charge in [-0.2, -0.15) is 0 Å². The molecule has 0 spiro atoms. The normalized spacial score (nSPS) is 16.1. The summed E-state index contributed by atoms with van der Waals surface area (Å²) >= 11 is 0. The van der Waals surface area contributed by atoms with Crippen LogP contribution in [0.15, 0.2) is 77.8 Å². The van der Waals surface area contributed by atoms with Gasteiger partial charge in [0.2, 0.25) is 5.91 Å². The van der Waals surface area contributed by atoms with Crippen molar-refractivity contribution in [3.05, 3.63) is 83.9 Å². The summed E-state index contributed by atoms with van der Waals surface area (Å²) < 4.78 is 11.8. The van der Waals surface area contributed by atoms with Crippen molar-refractivity contribution < 1.29 is 14.3 Å². The first-order valence-corrected chi connectivity index (χ1v) is 12.3. The number of rotatable bonds is 4. The minimum absolute atomic E-state index is 0.108. The van der Waals surface area contributed by atoms with Crippen LogP contribution in [0.3, 0.4) is 0 Å². The Labute approximate surface area is 206 Å². The highest BCUT2D eigenvalue weighted by Crippen LogP contribution is 2.39. The van der Waals surface area contributed by atoms with E-state index in [9.17, 15) is 4.79 Å². The second kappa shape index (κ2) is 10.2. The minimum atomic E-state index is -0.108. The van der Waals surface area contributed by atoms with E-state index in [1.54, 1.807) is 7.11 Å². The molecular weight excluding hydrogens is 438 g/mol. The van der Waals surface area contributed by atoms with Gasteiger partial charge in [0.15, 0.2) is 5.75 Å². The summed E-state index contributed by atoms with van der Waals surface area (Å²) in [5, 5.41) is 0. The van der Waals surface area contributed by atoms with Gasteiger partial charge in [-0.15, -0.1) is 0 Å². The minimum Gasteiger partial charge on any atom is -0.497 e. The predicted octanol–water partition coefficient (Wildman–Crippen LogP) is 5.61. The lowest BCUT2D eigenvalue weighted by molar-refractivity contribution is -0.132. The molecule has 1 saturated heterocycles. The SMILES string of the molecule is CCC(C(=O)N1CCCN(C2=Nc3ccccc3Oc3ccc(OC)cc32)CC1)c1ccccc1. The zero-order valence-corrected chi connectivity index (χ0v) is 20.3. The van der Waals surface area contributed by atoms with Crippen molar-refractivity contribution in [1.29, 1.82) is 0 Å². The largest absolute Gasteiger partial charge is 0.497 e. The molecule has 0 aromatic heterocycles. The average Bonchev–Trinajstić information content (AvgIpc) is 3.24. The Hall–Kier alpha value is -3.80. The number of amides is 1. The summed E-state index contributed by atoms with van der Waals surface area (Å²) in [6.07, 6.45) is 1.66. The number of para-hydroxylation sites is 2. The molecule has 35 heavy (non-hydrogen) atoms. The monoisotopic (exact) mass is 469 g/mol. The van der Waals surface area contributed by atoms with Crippen LogP contribution in [0.2, 0.25) is 0 Å². The molecule has 0 saturated carbocycles. The van der Waals surface area contributed by atoms with E-state index in [2.05, 4.69) is 24.0 Å². The van der Waals surface area contributed by atoms with E-state index in [0.717, 1.165) is 65.8 Å². The number of nitrogens with zero attached hydrogens (tertiary/aromatic N) is 3. The van der Waals surface area contributed by atoms with Gasteiger partial charge in [0.25, 0.3) is 0 Å². The highest BCUT2D eigenvalue weighted by molar-refractivity contribution is 6.04. The van der Waals surface area contributed by atoms with Crippen molar-refractivity contribution in [2.24, 2.45) is 4.99 Å². The first kappa shape index (κ1) is 23.0. The van der Waals surface area contributed by atoms with Gasteiger partial charge in [0.05, 0.1) is 18.6 Å². The van der Waals surface area contributed by atoms with E-state index in [1.807, 2.05) is 65.6 Å². The molecule has 5 rings (SSSR count). The molecular formula is C29H31N3O3. The number of benzene rings is 3. The highest BCUT2D eigenvalue weighted by Gasteiger charge is 2.29. The Morgan fingerprint density at radius 2 is 1.77 bits per heavy atom. The summed E-state index contributed by atoms with van der Waals surface area (Å²) in [7, 11) is 1.66. The van der Waals surface area contributed by atoms with Gasteiger partial charge in [-0.25, -0.2) is 4.99 Å². The number of carbonyl (C=O) groups is 1. The summed E-state index contributed by atoms with van der Waals surface area (Å²) in [6.45, 7) is 4.99. The maximum Gasteiger partial charge on any atom is 0.230 e. The van der Waals surface area contributed by atoms with Crippen molar-refractivity contribution in [2.75, 3.05) is 33.3 Å². The molecule has 1 atom stereocenters. The molecule has 2 aliphatic rings.